The Morgan fingerprint density at radius 3 is 2.30 bits per heavy atom. The molecule has 2 aliphatic rings. The number of likely N-dealkylation sites (tertiary alicyclic amines) is 1. The van der Waals surface area contributed by atoms with Crippen molar-refractivity contribution >= 4 is 17.6 Å². The summed E-state index contributed by atoms with van der Waals surface area (Å²) >= 11 is 0. The highest BCUT2D eigenvalue weighted by Crippen LogP contribution is 2.29. The number of benzene rings is 1. The summed E-state index contributed by atoms with van der Waals surface area (Å²) in [6, 6.07) is 4.47. The van der Waals surface area contributed by atoms with Crippen LogP contribution in [0.1, 0.15) is 67.1 Å². The lowest BCUT2D eigenvalue weighted by molar-refractivity contribution is -0.192. The Hall–Kier alpha value is -3.59. The van der Waals surface area contributed by atoms with Crippen LogP contribution in [0.2, 0.25) is 0 Å². The maximum atomic E-state index is 14.7. The lowest BCUT2D eigenvalue weighted by atomic mass is 9.99. The number of carbonyl (C=O) groups excluding carboxylic acids is 1. The van der Waals surface area contributed by atoms with Crippen LogP contribution in [0, 0.1) is 5.82 Å². The summed E-state index contributed by atoms with van der Waals surface area (Å²) in [7, 11) is 2.05. The zero-order valence-electron chi connectivity index (χ0n) is 23.9. The van der Waals surface area contributed by atoms with E-state index in [1.807, 2.05) is 6.92 Å². The first-order chi connectivity index (χ1) is 20.0. The molecule has 0 spiro atoms. The van der Waals surface area contributed by atoms with Gasteiger partial charge in [-0.05, 0) is 59.8 Å². The summed E-state index contributed by atoms with van der Waals surface area (Å²) in [5, 5.41) is 16.5. The molecule has 1 unspecified atom stereocenters. The van der Waals surface area contributed by atoms with Gasteiger partial charge in [-0.2, -0.15) is 13.2 Å². The molecule has 2 atom stereocenters. The molecular formula is C28H35F6N5O4. The summed E-state index contributed by atoms with van der Waals surface area (Å²) in [4.78, 5) is 37.7. The molecule has 2 fully saturated rings. The molecular weight excluding hydrogens is 584 g/mol. The Bertz CT molecular complexity index is 1350. The molecule has 0 radical (unpaired) electrons. The van der Waals surface area contributed by atoms with E-state index in [-0.39, 0.29) is 22.7 Å². The van der Waals surface area contributed by atoms with Crippen molar-refractivity contribution in [3.05, 3.63) is 63.3 Å². The van der Waals surface area contributed by atoms with E-state index in [0.29, 0.717) is 12.2 Å². The third-order valence-electron chi connectivity index (χ3n) is 7.65. The van der Waals surface area contributed by atoms with Gasteiger partial charge >= 0.3 is 12.1 Å². The van der Waals surface area contributed by atoms with Crippen LogP contribution in [0.25, 0.3) is 0 Å². The number of piperidine rings is 1. The average Bonchev–Trinajstić information content (AvgIpc) is 3.36. The molecule has 4 N–H and O–H groups in total. The Balaban J connectivity index is 0.000000646. The number of aromatic nitrogens is 1. The molecule has 1 amide bonds. The van der Waals surface area contributed by atoms with Crippen LogP contribution in [0.3, 0.4) is 0 Å². The second-order valence-corrected chi connectivity index (χ2v) is 11.0. The van der Waals surface area contributed by atoms with Crippen LogP contribution in [-0.2, 0) is 10.3 Å². The number of hydrogen-bond acceptors (Lipinski definition) is 6. The zero-order valence-corrected chi connectivity index (χ0v) is 23.9. The zero-order chi connectivity index (χ0) is 32.1. The first-order valence-electron chi connectivity index (χ1n) is 13.6. The van der Waals surface area contributed by atoms with Gasteiger partial charge in [0.15, 0.2) is 0 Å². The number of halogens is 6. The molecule has 0 aliphatic carbocycles. The molecule has 1 aromatic heterocycles. The van der Waals surface area contributed by atoms with Gasteiger partial charge in [0.2, 0.25) is 0 Å². The first-order valence-corrected chi connectivity index (χ1v) is 13.6. The maximum absolute atomic E-state index is 14.7. The van der Waals surface area contributed by atoms with E-state index in [0.717, 1.165) is 45.0 Å². The second kappa shape index (κ2) is 13.8. The fourth-order valence-corrected chi connectivity index (χ4v) is 5.06. The van der Waals surface area contributed by atoms with E-state index in [4.69, 9.17) is 9.90 Å². The predicted octanol–water partition coefficient (Wildman–Crippen LogP) is 4.26. The quantitative estimate of drug-likeness (QED) is 0.343. The highest BCUT2D eigenvalue weighted by Gasteiger charge is 2.38. The van der Waals surface area contributed by atoms with Crippen molar-refractivity contribution in [2.24, 2.45) is 0 Å². The number of nitrogens with one attached hydrogen (secondary N) is 3. The third-order valence-corrected chi connectivity index (χ3v) is 7.65. The summed E-state index contributed by atoms with van der Waals surface area (Å²) in [5.74, 6) is -4.30. The van der Waals surface area contributed by atoms with Gasteiger partial charge < -0.3 is 30.5 Å². The smallest absolute Gasteiger partial charge is 0.475 e. The van der Waals surface area contributed by atoms with Crippen molar-refractivity contribution in [3.63, 3.8) is 0 Å². The van der Waals surface area contributed by atoms with E-state index in [2.05, 4.69) is 27.9 Å². The molecule has 2 aliphatic heterocycles. The van der Waals surface area contributed by atoms with Crippen molar-refractivity contribution in [1.82, 2.24) is 20.1 Å². The molecule has 0 saturated carbocycles. The van der Waals surface area contributed by atoms with Crippen molar-refractivity contribution in [3.8, 4) is 0 Å². The van der Waals surface area contributed by atoms with Crippen LogP contribution in [-0.4, -0.2) is 71.9 Å². The van der Waals surface area contributed by atoms with Crippen LogP contribution in [0.5, 0.6) is 0 Å². The lowest BCUT2D eigenvalue weighted by Crippen LogP contribution is -2.42. The summed E-state index contributed by atoms with van der Waals surface area (Å²) in [5.41, 5.74) is -0.732. The number of anilines is 1. The van der Waals surface area contributed by atoms with Crippen LogP contribution in [0.15, 0.2) is 35.3 Å². The largest absolute Gasteiger partial charge is 0.490 e. The molecule has 238 valence electrons. The van der Waals surface area contributed by atoms with Gasteiger partial charge in [0.1, 0.15) is 5.82 Å². The van der Waals surface area contributed by atoms with Crippen LogP contribution in [0.4, 0.5) is 32.0 Å². The fourth-order valence-electron chi connectivity index (χ4n) is 5.06. The molecule has 2 aromatic rings. The lowest BCUT2D eigenvalue weighted by Gasteiger charge is -2.32. The first kappa shape index (κ1) is 33.9. The summed E-state index contributed by atoms with van der Waals surface area (Å²) in [6.07, 6.45) is -4.00. The van der Waals surface area contributed by atoms with Crippen molar-refractivity contribution in [1.29, 1.82) is 0 Å². The van der Waals surface area contributed by atoms with Gasteiger partial charge in [0.25, 0.3) is 17.9 Å². The second-order valence-electron chi connectivity index (χ2n) is 11.0. The molecule has 43 heavy (non-hydrogen) atoms. The normalized spacial score (nSPS) is 20.3. The van der Waals surface area contributed by atoms with Gasteiger partial charge in [-0.1, -0.05) is 18.2 Å². The average molecular weight is 620 g/mol. The molecule has 9 nitrogen and oxygen atoms in total. The van der Waals surface area contributed by atoms with Crippen molar-refractivity contribution < 1.29 is 41.0 Å². The van der Waals surface area contributed by atoms with Crippen LogP contribution < -0.4 is 21.5 Å². The van der Waals surface area contributed by atoms with Crippen molar-refractivity contribution in [2.75, 3.05) is 38.5 Å². The van der Waals surface area contributed by atoms with Crippen LogP contribution >= 0.6 is 0 Å². The fraction of sp³-hybridized carbons (Fsp3) is 0.536. The number of alkyl halides is 5. The van der Waals surface area contributed by atoms with E-state index < -0.39 is 47.4 Å². The number of hydrogen-bond donors (Lipinski definition) is 4. The Labute approximate surface area is 244 Å². The summed E-state index contributed by atoms with van der Waals surface area (Å²) in [6.45, 7) is 6.67. The van der Waals surface area contributed by atoms with Gasteiger partial charge in [0.05, 0.1) is 28.4 Å². The predicted molar refractivity (Wildman–Crippen MR) is 147 cm³/mol. The Morgan fingerprint density at radius 2 is 1.77 bits per heavy atom. The van der Waals surface area contributed by atoms with Crippen molar-refractivity contribution in [2.45, 2.75) is 63.3 Å². The van der Waals surface area contributed by atoms with E-state index in [9.17, 15) is 35.9 Å². The minimum Gasteiger partial charge on any atom is -0.475 e. The van der Waals surface area contributed by atoms with Gasteiger partial charge in [-0.25, -0.2) is 18.0 Å². The number of carboxylic acid groups (broad SMARTS) is 1. The third kappa shape index (κ3) is 8.50. The molecule has 15 heteroatoms. The number of rotatable bonds is 7. The molecule has 0 bridgehead atoms. The van der Waals surface area contributed by atoms with Gasteiger partial charge in [-0.3, -0.25) is 9.59 Å². The maximum Gasteiger partial charge on any atom is 0.490 e. The summed E-state index contributed by atoms with van der Waals surface area (Å²) < 4.78 is 74.4. The SMILES string of the molecule is C[C@@H](NC(=O)c1cn(C2(C)CCNC2)c(=O)cc1NC1CCN(C)CC1)c1cccc(C(F)F)c1F.O=C(O)C(F)(F)F. The minimum absolute atomic E-state index is 0.0220. The number of carbonyl (C=O) groups is 2. The highest BCUT2D eigenvalue weighted by molar-refractivity contribution is 5.99. The number of carboxylic acids is 1. The van der Waals surface area contributed by atoms with Gasteiger partial charge in [-0.15, -0.1) is 0 Å². The van der Waals surface area contributed by atoms with E-state index in [1.54, 1.807) is 17.7 Å². The Morgan fingerprint density at radius 1 is 1.16 bits per heavy atom. The molecule has 4 rings (SSSR count). The van der Waals surface area contributed by atoms with E-state index >= 15 is 0 Å². The number of amides is 1. The minimum atomic E-state index is -5.08. The Kier molecular flexibility index (Phi) is 10.9. The van der Waals surface area contributed by atoms with E-state index in [1.165, 1.54) is 18.2 Å². The topological polar surface area (TPSA) is 116 Å². The number of pyridine rings is 1. The highest BCUT2D eigenvalue weighted by atomic mass is 19.4. The number of aliphatic carboxylic acids is 1. The molecule has 2 saturated heterocycles. The monoisotopic (exact) mass is 619 g/mol. The number of nitrogens with zero attached hydrogens (tertiary/aromatic N) is 2. The standard InChI is InChI=1S/C26H34F3N5O2.C2HF3O2/c1-16(18-5-4-6-19(23(18)27)24(28)29)31-25(36)20-14-34(26(2)9-10-30-15-26)22(35)13-21(20)32-17-7-11-33(3)12-8-17;3-2(4,5)1(6)7/h4-6,13-14,16-17,24,30,32H,7-12,15H2,1-3H3,(H,31,36);(H,6,7)/t16-,26?;/m1./s1. The molecule has 3 heterocycles. The van der Waals surface area contributed by atoms with Gasteiger partial charge in [0, 0.05) is 30.4 Å². The molecule has 1 aromatic carbocycles.